The molecule has 8 nitrogen and oxygen atoms in total. The van der Waals surface area contributed by atoms with Gasteiger partial charge in [0.05, 0.1) is 13.0 Å². The SMILES string of the molecule is COc1ccc(-c2noc(-c3ccc(NC(=O)C4CC(=O)N(c5cccc(C)c5)C4)cc3)n2)cc1. The van der Waals surface area contributed by atoms with Crippen LogP contribution < -0.4 is 15.0 Å². The van der Waals surface area contributed by atoms with Gasteiger partial charge >= 0.3 is 0 Å². The van der Waals surface area contributed by atoms with Crippen LogP contribution in [0.2, 0.25) is 0 Å². The van der Waals surface area contributed by atoms with Crippen LogP contribution in [-0.2, 0) is 9.59 Å². The number of carbonyl (C=O) groups excluding carboxylic acids is 2. The third kappa shape index (κ3) is 4.77. The van der Waals surface area contributed by atoms with Gasteiger partial charge in [-0.25, -0.2) is 0 Å². The van der Waals surface area contributed by atoms with Gasteiger partial charge in [-0.2, -0.15) is 4.98 Å². The molecule has 1 N–H and O–H groups in total. The second kappa shape index (κ2) is 9.42. The molecule has 0 radical (unpaired) electrons. The number of anilines is 2. The molecule has 0 saturated carbocycles. The van der Waals surface area contributed by atoms with Crippen molar-refractivity contribution < 1.29 is 18.8 Å². The fourth-order valence-electron chi connectivity index (χ4n) is 4.07. The largest absolute Gasteiger partial charge is 0.497 e. The molecule has 0 spiro atoms. The van der Waals surface area contributed by atoms with Crippen LogP contribution in [0.5, 0.6) is 5.75 Å². The van der Waals surface area contributed by atoms with E-state index in [1.807, 2.05) is 55.5 Å². The van der Waals surface area contributed by atoms with Gasteiger partial charge in [0.1, 0.15) is 5.75 Å². The standard InChI is InChI=1S/C27H24N4O4/c1-17-4-3-5-22(14-17)31-16-20(15-24(31)32)26(33)28-21-10-6-19(7-11-21)27-29-25(30-35-27)18-8-12-23(34-2)13-9-18/h3-14,20H,15-16H2,1-2H3,(H,28,33). The average Bonchev–Trinajstić information content (AvgIpc) is 3.52. The minimum absolute atomic E-state index is 0.0462. The molecule has 1 atom stereocenters. The highest BCUT2D eigenvalue weighted by atomic mass is 16.5. The van der Waals surface area contributed by atoms with E-state index in [0.717, 1.165) is 28.1 Å². The van der Waals surface area contributed by atoms with Crippen molar-refractivity contribution in [2.45, 2.75) is 13.3 Å². The van der Waals surface area contributed by atoms with Gasteiger partial charge in [-0.1, -0.05) is 17.3 Å². The lowest BCUT2D eigenvalue weighted by molar-refractivity contribution is -0.122. The molecular formula is C27H24N4O4. The van der Waals surface area contributed by atoms with E-state index in [-0.39, 0.29) is 18.2 Å². The van der Waals surface area contributed by atoms with Crippen LogP contribution in [0.1, 0.15) is 12.0 Å². The minimum atomic E-state index is -0.411. The lowest BCUT2D eigenvalue weighted by atomic mass is 10.1. The van der Waals surface area contributed by atoms with E-state index in [1.165, 1.54) is 0 Å². The van der Waals surface area contributed by atoms with Crippen LogP contribution in [-0.4, -0.2) is 35.6 Å². The van der Waals surface area contributed by atoms with E-state index < -0.39 is 5.92 Å². The van der Waals surface area contributed by atoms with E-state index >= 15 is 0 Å². The topological polar surface area (TPSA) is 97.6 Å². The molecule has 0 aliphatic carbocycles. The van der Waals surface area contributed by atoms with Gasteiger partial charge in [0.25, 0.3) is 5.89 Å². The first kappa shape index (κ1) is 22.3. The highest BCUT2D eigenvalue weighted by Crippen LogP contribution is 2.28. The minimum Gasteiger partial charge on any atom is -0.497 e. The number of amides is 2. The zero-order valence-corrected chi connectivity index (χ0v) is 19.4. The van der Waals surface area contributed by atoms with Crippen molar-refractivity contribution in [3.8, 4) is 28.6 Å². The normalized spacial score (nSPS) is 15.3. The monoisotopic (exact) mass is 468 g/mol. The van der Waals surface area contributed by atoms with Crippen molar-refractivity contribution >= 4 is 23.2 Å². The second-order valence-corrected chi connectivity index (χ2v) is 8.46. The Hall–Kier alpha value is -4.46. The van der Waals surface area contributed by atoms with Crippen LogP contribution in [0.15, 0.2) is 77.3 Å². The number of aromatic nitrogens is 2. The number of hydrogen-bond donors (Lipinski definition) is 1. The molecule has 2 heterocycles. The number of nitrogens with zero attached hydrogens (tertiary/aromatic N) is 3. The maximum Gasteiger partial charge on any atom is 0.258 e. The van der Waals surface area contributed by atoms with E-state index in [4.69, 9.17) is 9.26 Å². The Labute approximate surface area is 202 Å². The van der Waals surface area contributed by atoms with E-state index in [2.05, 4.69) is 15.5 Å². The first-order valence-corrected chi connectivity index (χ1v) is 11.3. The molecule has 1 aromatic heterocycles. The first-order valence-electron chi connectivity index (χ1n) is 11.3. The molecule has 1 aliphatic heterocycles. The van der Waals surface area contributed by atoms with E-state index in [1.54, 1.807) is 36.3 Å². The number of carbonyl (C=O) groups is 2. The van der Waals surface area contributed by atoms with Crippen molar-refractivity contribution in [2.75, 3.05) is 23.9 Å². The van der Waals surface area contributed by atoms with E-state index in [9.17, 15) is 9.59 Å². The summed E-state index contributed by atoms with van der Waals surface area (Å²) in [5.74, 6) is 0.967. The average molecular weight is 469 g/mol. The van der Waals surface area contributed by atoms with Crippen molar-refractivity contribution in [2.24, 2.45) is 5.92 Å². The van der Waals surface area contributed by atoms with Crippen LogP contribution in [0.3, 0.4) is 0 Å². The molecular weight excluding hydrogens is 444 g/mol. The number of benzene rings is 3. The number of hydrogen-bond acceptors (Lipinski definition) is 6. The Bertz CT molecular complexity index is 1360. The van der Waals surface area contributed by atoms with Gasteiger partial charge in [-0.3, -0.25) is 9.59 Å². The molecule has 8 heteroatoms. The smallest absolute Gasteiger partial charge is 0.258 e. The second-order valence-electron chi connectivity index (χ2n) is 8.46. The van der Waals surface area contributed by atoms with Crippen LogP contribution in [0.4, 0.5) is 11.4 Å². The Balaban J connectivity index is 1.23. The fraction of sp³-hybridized carbons (Fsp3) is 0.185. The van der Waals surface area contributed by atoms with Crippen molar-refractivity contribution in [3.05, 3.63) is 78.4 Å². The molecule has 2 amide bonds. The molecule has 176 valence electrons. The summed E-state index contributed by atoms with van der Waals surface area (Å²) in [7, 11) is 1.61. The predicted octanol–water partition coefficient (Wildman–Crippen LogP) is 4.71. The van der Waals surface area contributed by atoms with Gasteiger partial charge in [0.15, 0.2) is 0 Å². The van der Waals surface area contributed by atoms with Gasteiger partial charge < -0.3 is 19.5 Å². The number of nitrogens with one attached hydrogen (secondary N) is 1. The number of aryl methyl sites for hydroxylation is 1. The summed E-state index contributed by atoms with van der Waals surface area (Å²) >= 11 is 0. The van der Waals surface area contributed by atoms with Gasteiger partial charge in [-0.05, 0) is 73.2 Å². The molecule has 1 unspecified atom stereocenters. The van der Waals surface area contributed by atoms with Crippen molar-refractivity contribution in [3.63, 3.8) is 0 Å². The quantitative estimate of drug-likeness (QED) is 0.440. The summed E-state index contributed by atoms with van der Waals surface area (Å²) in [5, 5.41) is 6.96. The zero-order chi connectivity index (χ0) is 24.4. The fourth-order valence-corrected chi connectivity index (χ4v) is 4.07. The summed E-state index contributed by atoms with van der Waals surface area (Å²) in [6.07, 6.45) is 0.188. The lowest BCUT2D eigenvalue weighted by Gasteiger charge is -2.17. The Morgan fingerprint density at radius 1 is 1.06 bits per heavy atom. The first-order chi connectivity index (χ1) is 17.0. The number of rotatable bonds is 6. The Kier molecular flexibility index (Phi) is 6.01. The molecule has 1 fully saturated rings. The number of ether oxygens (including phenoxy) is 1. The third-order valence-corrected chi connectivity index (χ3v) is 5.98. The zero-order valence-electron chi connectivity index (χ0n) is 19.4. The summed E-state index contributed by atoms with van der Waals surface area (Å²) in [6.45, 7) is 2.34. The summed E-state index contributed by atoms with van der Waals surface area (Å²) in [6, 6.07) is 22.3. The Morgan fingerprint density at radius 2 is 1.80 bits per heavy atom. The molecule has 0 bridgehead atoms. The maximum absolute atomic E-state index is 12.8. The third-order valence-electron chi connectivity index (χ3n) is 5.98. The Morgan fingerprint density at radius 3 is 2.51 bits per heavy atom. The van der Waals surface area contributed by atoms with E-state index in [0.29, 0.717) is 23.9 Å². The maximum atomic E-state index is 12.8. The van der Waals surface area contributed by atoms with Crippen LogP contribution in [0.25, 0.3) is 22.8 Å². The van der Waals surface area contributed by atoms with Gasteiger partial charge in [0, 0.05) is 35.5 Å². The summed E-state index contributed by atoms with van der Waals surface area (Å²) in [4.78, 5) is 31.5. The van der Waals surface area contributed by atoms with Crippen molar-refractivity contribution in [1.82, 2.24) is 10.1 Å². The van der Waals surface area contributed by atoms with Gasteiger partial charge in [0.2, 0.25) is 17.6 Å². The molecule has 5 rings (SSSR count). The lowest BCUT2D eigenvalue weighted by Crippen LogP contribution is -2.28. The summed E-state index contributed by atoms with van der Waals surface area (Å²) < 4.78 is 10.6. The summed E-state index contributed by atoms with van der Waals surface area (Å²) in [5.41, 5.74) is 4.08. The molecule has 4 aromatic rings. The predicted molar refractivity (Wildman–Crippen MR) is 132 cm³/mol. The molecule has 1 aliphatic rings. The van der Waals surface area contributed by atoms with Gasteiger partial charge in [-0.15, -0.1) is 0 Å². The van der Waals surface area contributed by atoms with Crippen molar-refractivity contribution in [1.29, 1.82) is 0 Å². The highest BCUT2D eigenvalue weighted by Gasteiger charge is 2.35. The molecule has 1 saturated heterocycles. The molecule has 3 aromatic carbocycles. The number of methoxy groups -OCH3 is 1. The van der Waals surface area contributed by atoms with Crippen LogP contribution >= 0.6 is 0 Å². The molecule has 35 heavy (non-hydrogen) atoms. The highest BCUT2D eigenvalue weighted by molar-refractivity contribution is 6.03. The van der Waals surface area contributed by atoms with Crippen LogP contribution in [0, 0.1) is 12.8 Å².